The Balaban J connectivity index is 1.71. The van der Waals surface area contributed by atoms with Gasteiger partial charge in [0.05, 0.1) is 16.2 Å². The SMILES string of the molecule is CS(=O)c1ccc(C(Oc2ccc3c(ccc[n+]3[O-])c2)c2nnco2)nn1. The molecule has 0 fully saturated rings. The van der Waals surface area contributed by atoms with Crippen molar-refractivity contribution in [2.45, 2.75) is 11.1 Å². The van der Waals surface area contributed by atoms with Gasteiger partial charge in [-0.3, -0.25) is 4.21 Å². The van der Waals surface area contributed by atoms with Crippen molar-refractivity contribution in [2.24, 2.45) is 0 Å². The van der Waals surface area contributed by atoms with Gasteiger partial charge in [0.25, 0.3) is 5.89 Å². The number of pyridine rings is 1. The maximum atomic E-state index is 11.8. The normalized spacial score (nSPS) is 13.4. The fraction of sp³-hybridized carbons (Fsp3) is 0.118. The Morgan fingerprint density at radius 3 is 2.78 bits per heavy atom. The van der Waals surface area contributed by atoms with Crippen LogP contribution in [0.5, 0.6) is 5.75 Å². The fourth-order valence-corrected chi connectivity index (χ4v) is 2.95. The van der Waals surface area contributed by atoms with E-state index in [4.69, 9.17) is 9.15 Å². The Kier molecular flexibility index (Phi) is 4.47. The maximum Gasteiger partial charge on any atom is 0.263 e. The van der Waals surface area contributed by atoms with Gasteiger partial charge in [-0.1, -0.05) is 0 Å². The van der Waals surface area contributed by atoms with E-state index in [9.17, 15) is 9.42 Å². The van der Waals surface area contributed by atoms with E-state index in [1.165, 1.54) is 18.8 Å². The summed E-state index contributed by atoms with van der Waals surface area (Å²) in [7, 11) is -1.24. The molecule has 0 bridgehead atoms. The summed E-state index contributed by atoms with van der Waals surface area (Å²) in [5.74, 6) is 0.684. The van der Waals surface area contributed by atoms with Crippen LogP contribution < -0.4 is 9.47 Å². The smallest absolute Gasteiger partial charge is 0.263 e. The Morgan fingerprint density at radius 1 is 1.19 bits per heavy atom. The molecule has 0 saturated carbocycles. The predicted octanol–water partition coefficient (Wildman–Crippen LogP) is 1.55. The summed E-state index contributed by atoms with van der Waals surface area (Å²) >= 11 is 0. The van der Waals surface area contributed by atoms with Crippen molar-refractivity contribution in [1.29, 1.82) is 0 Å². The lowest BCUT2D eigenvalue weighted by Gasteiger charge is -2.15. The summed E-state index contributed by atoms with van der Waals surface area (Å²) in [6.45, 7) is 0. The molecule has 4 aromatic rings. The van der Waals surface area contributed by atoms with Crippen LogP contribution >= 0.6 is 0 Å². The van der Waals surface area contributed by atoms with Gasteiger partial charge in [-0.15, -0.1) is 20.4 Å². The first-order valence-electron chi connectivity index (χ1n) is 7.83. The van der Waals surface area contributed by atoms with Crippen LogP contribution in [0.2, 0.25) is 0 Å². The first kappa shape index (κ1) is 17.0. The molecule has 10 heteroatoms. The summed E-state index contributed by atoms with van der Waals surface area (Å²) < 4.78 is 23.6. The Hall–Kier alpha value is -3.40. The van der Waals surface area contributed by atoms with Gasteiger partial charge in [0.2, 0.25) is 18.0 Å². The zero-order valence-electron chi connectivity index (χ0n) is 14.1. The Bertz CT molecular complexity index is 1100. The van der Waals surface area contributed by atoms with E-state index in [-0.39, 0.29) is 5.89 Å². The molecule has 9 nitrogen and oxygen atoms in total. The highest BCUT2D eigenvalue weighted by Gasteiger charge is 2.24. The summed E-state index contributed by atoms with van der Waals surface area (Å²) in [5, 5.41) is 28.5. The van der Waals surface area contributed by atoms with Crippen LogP contribution in [0, 0.1) is 5.21 Å². The van der Waals surface area contributed by atoms with E-state index in [1.807, 2.05) is 6.07 Å². The molecule has 0 aliphatic carbocycles. The van der Waals surface area contributed by atoms with E-state index in [1.54, 1.807) is 36.4 Å². The highest BCUT2D eigenvalue weighted by atomic mass is 32.2. The number of fused-ring (bicyclic) bond motifs is 1. The maximum absolute atomic E-state index is 11.8. The number of ether oxygens (including phenoxy) is 1. The molecule has 0 radical (unpaired) electrons. The van der Waals surface area contributed by atoms with Crippen molar-refractivity contribution in [3.63, 3.8) is 0 Å². The first-order valence-corrected chi connectivity index (χ1v) is 9.39. The molecule has 3 heterocycles. The number of nitrogens with zero attached hydrogens (tertiary/aromatic N) is 5. The van der Waals surface area contributed by atoms with Gasteiger partial charge >= 0.3 is 0 Å². The molecule has 27 heavy (non-hydrogen) atoms. The molecular formula is C17H13N5O4S. The van der Waals surface area contributed by atoms with E-state index in [0.29, 0.717) is 22.0 Å². The average molecular weight is 383 g/mol. The van der Waals surface area contributed by atoms with Crippen LogP contribution in [-0.4, -0.2) is 30.9 Å². The van der Waals surface area contributed by atoms with Gasteiger partial charge in [-0.2, -0.15) is 4.73 Å². The van der Waals surface area contributed by atoms with Crippen molar-refractivity contribution in [3.05, 3.63) is 71.8 Å². The fourth-order valence-electron chi connectivity index (χ4n) is 2.54. The van der Waals surface area contributed by atoms with Crippen molar-refractivity contribution in [2.75, 3.05) is 6.26 Å². The molecule has 0 saturated heterocycles. The third-order valence-corrected chi connectivity index (χ3v) is 4.62. The van der Waals surface area contributed by atoms with Crippen LogP contribution in [0.25, 0.3) is 10.9 Å². The molecule has 4 rings (SSSR count). The van der Waals surface area contributed by atoms with Crippen LogP contribution in [0.4, 0.5) is 0 Å². The third kappa shape index (κ3) is 3.47. The molecular weight excluding hydrogens is 370 g/mol. The van der Waals surface area contributed by atoms with Gasteiger partial charge in [0.15, 0.2) is 6.20 Å². The minimum atomic E-state index is -1.24. The van der Waals surface area contributed by atoms with Gasteiger partial charge < -0.3 is 14.4 Å². The minimum absolute atomic E-state index is 0.196. The van der Waals surface area contributed by atoms with Crippen LogP contribution in [0.15, 0.2) is 64.5 Å². The summed E-state index contributed by atoms with van der Waals surface area (Å²) in [6.07, 6.45) is 3.33. The van der Waals surface area contributed by atoms with E-state index >= 15 is 0 Å². The molecule has 2 atom stereocenters. The minimum Gasteiger partial charge on any atom is -0.618 e. The molecule has 0 N–H and O–H groups in total. The quantitative estimate of drug-likeness (QED) is 0.376. The van der Waals surface area contributed by atoms with Gasteiger partial charge in [0, 0.05) is 18.4 Å². The zero-order valence-corrected chi connectivity index (χ0v) is 14.9. The summed E-state index contributed by atoms with van der Waals surface area (Å²) in [4.78, 5) is 0. The highest BCUT2D eigenvalue weighted by Crippen LogP contribution is 2.27. The lowest BCUT2D eigenvalue weighted by Crippen LogP contribution is -2.25. The number of hydrogen-bond donors (Lipinski definition) is 0. The number of benzene rings is 1. The van der Waals surface area contributed by atoms with Gasteiger partial charge in [0.1, 0.15) is 16.5 Å². The number of rotatable bonds is 5. The largest absolute Gasteiger partial charge is 0.618 e. The topological polar surface area (TPSA) is 118 Å². The van der Waals surface area contributed by atoms with Crippen molar-refractivity contribution in [3.8, 4) is 5.75 Å². The van der Waals surface area contributed by atoms with Crippen molar-refractivity contribution >= 4 is 21.7 Å². The van der Waals surface area contributed by atoms with Gasteiger partial charge in [-0.05, 0) is 30.3 Å². The van der Waals surface area contributed by atoms with E-state index in [0.717, 1.165) is 10.1 Å². The van der Waals surface area contributed by atoms with Gasteiger partial charge in [-0.25, -0.2) is 0 Å². The third-order valence-electron chi connectivity index (χ3n) is 3.81. The second kappa shape index (κ2) is 7.08. The Labute approximate surface area is 155 Å². The van der Waals surface area contributed by atoms with Crippen LogP contribution in [0.1, 0.15) is 17.7 Å². The van der Waals surface area contributed by atoms with E-state index in [2.05, 4.69) is 20.4 Å². The second-order valence-electron chi connectivity index (χ2n) is 5.58. The summed E-state index contributed by atoms with van der Waals surface area (Å²) in [6, 6.07) is 11.8. The monoisotopic (exact) mass is 383 g/mol. The molecule has 1 aromatic carbocycles. The molecule has 136 valence electrons. The van der Waals surface area contributed by atoms with Crippen molar-refractivity contribution in [1.82, 2.24) is 20.4 Å². The second-order valence-corrected chi connectivity index (χ2v) is 6.91. The molecule has 0 aliphatic rings. The molecule has 2 unspecified atom stereocenters. The predicted molar refractivity (Wildman–Crippen MR) is 94.0 cm³/mol. The zero-order chi connectivity index (χ0) is 18.8. The molecule has 0 spiro atoms. The molecule has 0 amide bonds. The van der Waals surface area contributed by atoms with Crippen LogP contribution in [0.3, 0.4) is 0 Å². The van der Waals surface area contributed by atoms with E-state index < -0.39 is 16.9 Å². The summed E-state index contributed by atoms with van der Waals surface area (Å²) in [5.41, 5.74) is 0.939. The average Bonchev–Trinajstić information content (AvgIpc) is 3.21. The molecule has 3 aromatic heterocycles. The lowest BCUT2D eigenvalue weighted by atomic mass is 10.2. The van der Waals surface area contributed by atoms with Crippen molar-refractivity contribution < 1.29 is 18.1 Å². The highest BCUT2D eigenvalue weighted by molar-refractivity contribution is 7.84. The Morgan fingerprint density at radius 2 is 2.07 bits per heavy atom. The number of hydrogen-bond acceptors (Lipinski definition) is 8. The van der Waals surface area contributed by atoms with Crippen LogP contribution in [-0.2, 0) is 10.8 Å². The standard InChI is InChI=1S/C17H13N5O4S/c1-27(24)15-7-5-13(19-20-15)16(17-21-18-10-25-17)26-12-4-6-14-11(9-12)3-2-8-22(14)23/h2-10,16H,1H3. The number of aromatic nitrogens is 5. The molecule has 0 aliphatic heterocycles. The lowest BCUT2D eigenvalue weighted by molar-refractivity contribution is -0.577. The first-order chi connectivity index (χ1) is 13.1.